The Morgan fingerprint density at radius 1 is 1.19 bits per heavy atom. The van der Waals surface area contributed by atoms with Gasteiger partial charge in [-0.25, -0.2) is 4.79 Å². The minimum atomic E-state index is -2.20. The van der Waals surface area contributed by atoms with Crippen LogP contribution in [0.5, 0.6) is 5.75 Å². The fourth-order valence-electron chi connectivity index (χ4n) is 4.25. The Morgan fingerprint density at radius 3 is 2.74 bits per heavy atom. The van der Waals surface area contributed by atoms with Crippen molar-refractivity contribution in [3.05, 3.63) is 54.1 Å². The zero-order valence-electron chi connectivity index (χ0n) is 17.6. The standard InChI is InChI=1S/C23H28N4O4/c1-31-18-9-6-8-17(16-18)27-22(29)25-20-11-3-2-10-19(20)23(27,30)21(28)24-12-7-15-26-13-4-5-14-26/h2-3,6,8-11,16,30H,4-5,7,12-15H2,1H3,(H,24,28)(H,25,29). The number of fused-ring (bicyclic) bond motifs is 1. The summed E-state index contributed by atoms with van der Waals surface area (Å²) in [6.07, 6.45) is 3.20. The van der Waals surface area contributed by atoms with Gasteiger partial charge in [-0.2, -0.15) is 0 Å². The quantitative estimate of drug-likeness (QED) is 0.594. The molecular weight excluding hydrogens is 396 g/mol. The molecule has 0 spiro atoms. The zero-order valence-corrected chi connectivity index (χ0v) is 17.6. The number of nitrogens with one attached hydrogen (secondary N) is 2. The van der Waals surface area contributed by atoms with Crippen molar-refractivity contribution in [2.75, 3.05) is 43.5 Å². The summed E-state index contributed by atoms with van der Waals surface area (Å²) in [6, 6.07) is 12.9. The van der Waals surface area contributed by atoms with Gasteiger partial charge >= 0.3 is 6.03 Å². The normalized spacial score (nSPS) is 20.8. The van der Waals surface area contributed by atoms with E-state index in [1.54, 1.807) is 48.5 Å². The minimum Gasteiger partial charge on any atom is -0.497 e. The van der Waals surface area contributed by atoms with E-state index in [4.69, 9.17) is 4.74 Å². The summed E-state index contributed by atoms with van der Waals surface area (Å²) in [4.78, 5) is 29.8. The largest absolute Gasteiger partial charge is 0.497 e. The summed E-state index contributed by atoms with van der Waals surface area (Å²) < 4.78 is 5.26. The van der Waals surface area contributed by atoms with Crippen LogP contribution >= 0.6 is 0 Å². The van der Waals surface area contributed by atoms with Gasteiger partial charge in [0.2, 0.25) is 0 Å². The Bertz CT molecular complexity index is 960. The average Bonchev–Trinajstić information content (AvgIpc) is 3.30. The number of amides is 3. The molecule has 3 N–H and O–H groups in total. The van der Waals surface area contributed by atoms with Gasteiger partial charge in [0, 0.05) is 18.2 Å². The molecule has 0 aliphatic carbocycles. The van der Waals surface area contributed by atoms with Crippen LogP contribution in [0.2, 0.25) is 0 Å². The monoisotopic (exact) mass is 424 g/mol. The van der Waals surface area contributed by atoms with Crippen molar-refractivity contribution in [2.45, 2.75) is 25.0 Å². The lowest BCUT2D eigenvalue weighted by molar-refractivity contribution is -0.140. The van der Waals surface area contributed by atoms with Gasteiger partial charge < -0.3 is 25.4 Å². The first-order valence-electron chi connectivity index (χ1n) is 10.6. The lowest BCUT2D eigenvalue weighted by Gasteiger charge is -2.42. The van der Waals surface area contributed by atoms with Crippen molar-refractivity contribution in [1.29, 1.82) is 0 Å². The second-order valence-electron chi connectivity index (χ2n) is 7.84. The second-order valence-corrected chi connectivity index (χ2v) is 7.84. The van der Waals surface area contributed by atoms with E-state index in [2.05, 4.69) is 15.5 Å². The molecule has 0 aromatic heterocycles. The summed E-state index contributed by atoms with van der Waals surface area (Å²) in [5.74, 6) is -0.128. The smallest absolute Gasteiger partial charge is 0.329 e. The summed E-state index contributed by atoms with van der Waals surface area (Å²) in [7, 11) is 1.52. The predicted octanol–water partition coefficient (Wildman–Crippen LogP) is 2.49. The fourth-order valence-corrected chi connectivity index (χ4v) is 4.25. The van der Waals surface area contributed by atoms with Gasteiger partial charge in [-0.3, -0.25) is 9.69 Å². The van der Waals surface area contributed by atoms with Gasteiger partial charge in [0.15, 0.2) is 0 Å². The molecule has 0 bridgehead atoms. The number of likely N-dealkylation sites (tertiary alicyclic amines) is 1. The Balaban J connectivity index is 1.61. The number of carbonyl (C=O) groups is 2. The molecule has 8 nitrogen and oxygen atoms in total. The number of anilines is 2. The molecule has 2 aliphatic rings. The molecule has 2 aromatic rings. The maximum Gasteiger partial charge on any atom is 0.329 e. The highest BCUT2D eigenvalue weighted by atomic mass is 16.5. The number of hydrogen-bond acceptors (Lipinski definition) is 5. The molecule has 1 unspecified atom stereocenters. The van der Waals surface area contributed by atoms with E-state index in [0.29, 0.717) is 29.2 Å². The van der Waals surface area contributed by atoms with Gasteiger partial charge in [-0.05, 0) is 57.1 Å². The van der Waals surface area contributed by atoms with Gasteiger partial charge in [-0.15, -0.1) is 0 Å². The molecule has 1 saturated heterocycles. The van der Waals surface area contributed by atoms with E-state index < -0.39 is 17.7 Å². The molecule has 31 heavy (non-hydrogen) atoms. The van der Waals surface area contributed by atoms with Gasteiger partial charge in [0.05, 0.1) is 18.5 Å². The summed E-state index contributed by atoms with van der Waals surface area (Å²) in [5, 5.41) is 17.3. The van der Waals surface area contributed by atoms with Crippen molar-refractivity contribution in [1.82, 2.24) is 10.2 Å². The molecule has 2 heterocycles. The van der Waals surface area contributed by atoms with Gasteiger partial charge in [0.1, 0.15) is 5.75 Å². The maximum atomic E-state index is 13.3. The van der Waals surface area contributed by atoms with Crippen molar-refractivity contribution in [3.63, 3.8) is 0 Å². The van der Waals surface area contributed by atoms with Crippen LogP contribution < -0.4 is 20.3 Å². The van der Waals surface area contributed by atoms with Gasteiger partial charge in [-0.1, -0.05) is 24.3 Å². The fraction of sp³-hybridized carbons (Fsp3) is 0.391. The van der Waals surface area contributed by atoms with E-state index in [9.17, 15) is 14.7 Å². The van der Waals surface area contributed by atoms with Crippen LogP contribution in [0.3, 0.4) is 0 Å². The molecule has 164 valence electrons. The summed E-state index contributed by atoms with van der Waals surface area (Å²) >= 11 is 0. The molecule has 1 atom stereocenters. The molecule has 2 aliphatic heterocycles. The number of carbonyl (C=O) groups excluding carboxylic acids is 2. The average molecular weight is 425 g/mol. The van der Waals surface area contributed by atoms with E-state index in [0.717, 1.165) is 31.0 Å². The molecule has 3 amide bonds. The number of rotatable bonds is 7. The van der Waals surface area contributed by atoms with Crippen LogP contribution in [0.1, 0.15) is 24.8 Å². The minimum absolute atomic E-state index is 0.314. The highest BCUT2D eigenvalue weighted by Gasteiger charge is 2.51. The Hall–Kier alpha value is -3.10. The Kier molecular flexibility index (Phi) is 6.11. The number of aliphatic hydroxyl groups is 1. The third kappa shape index (κ3) is 4.08. The number of urea groups is 1. The number of hydrogen-bond donors (Lipinski definition) is 3. The summed E-state index contributed by atoms with van der Waals surface area (Å²) in [5.41, 5.74) is -1.13. The highest BCUT2D eigenvalue weighted by Crippen LogP contribution is 2.40. The van der Waals surface area contributed by atoms with E-state index in [1.807, 2.05) is 0 Å². The molecule has 0 saturated carbocycles. The lowest BCUT2D eigenvalue weighted by Crippen LogP contribution is -2.62. The first-order chi connectivity index (χ1) is 15.0. The predicted molar refractivity (Wildman–Crippen MR) is 118 cm³/mol. The zero-order chi connectivity index (χ0) is 21.8. The second kappa shape index (κ2) is 8.95. The molecular formula is C23H28N4O4. The number of ether oxygens (including phenoxy) is 1. The maximum absolute atomic E-state index is 13.3. The number of methoxy groups -OCH3 is 1. The van der Waals surface area contributed by atoms with E-state index in [-0.39, 0.29) is 0 Å². The Morgan fingerprint density at radius 2 is 1.97 bits per heavy atom. The lowest BCUT2D eigenvalue weighted by atomic mass is 9.94. The van der Waals surface area contributed by atoms with Crippen molar-refractivity contribution in [2.24, 2.45) is 0 Å². The van der Waals surface area contributed by atoms with E-state index in [1.165, 1.54) is 20.0 Å². The van der Waals surface area contributed by atoms with Gasteiger partial charge in [0.25, 0.3) is 11.6 Å². The molecule has 1 fully saturated rings. The SMILES string of the molecule is COc1cccc(N2C(=O)Nc3ccccc3C2(O)C(=O)NCCCN2CCCC2)c1. The number of nitrogens with zero attached hydrogens (tertiary/aromatic N) is 2. The van der Waals surface area contributed by atoms with Crippen LogP contribution in [0.25, 0.3) is 0 Å². The van der Waals surface area contributed by atoms with Crippen LogP contribution in [0, 0.1) is 0 Å². The first-order valence-corrected chi connectivity index (χ1v) is 10.6. The Labute approximate surface area is 181 Å². The van der Waals surface area contributed by atoms with Crippen LogP contribution in [-0.2, 0) is 10.5 Å². The van der Waals surface area contributed by atoms with Crippen LogP contribution in [-0.4, -0.2) is 55.2 Å². The number of para-hydroxylation sites is 1. The number of benzene rings is 2. The molecule has 0 radical (unpaired) electrons. The molecule has 4 rings (SSSR count). The van der Waals surface area contributed by atoms with Crippen molar-refractivity contribution < 1.29 is 19.4 Å². The summed E-state index contributed by atoms with van der Waals surface area (Å²) in [6.45, 7) is 3.49. The first kappa shape index (κ1) is 21.1. The van der Waals surface area contributed by atoms with Crippen LogP contribution in [0.4, 0.5) is 16.2 Å². The highest BCUT2D eigenvalue weighted by molar-refractivity contribution is 6.11. The molecule has 2 aromatic carbocycles. The van der Waals surface area contributed by atoms with Crippen molar-refractivity contribution >= 4 is 23.3 Å². The van der Waals surface area contributed by atoms with Crippen molar-refractivity contribution in [3.8, 4) is 5.75 Å². The third-order valence-corrected chi connectivity index (χ3v) is 5.83. The topological polar surface area (TPSA) is 94.1 Å². The third-order valence-electron chi connectivity index (χ3n) is 5.83. The van der Waals surface area contributed by atoms with Crippen LogP contribution in [0.15, 0.2) is 48.5 Å². The van der Waals surface area contributed by atoms with E-state index >= 15 is 0 Å². The molecule has 8 heteroatoms.